The van der Waals surface area contributed by atoms with Crippen molar-refractivity contribution >= 4 is 34.6 Å². The van der Waals surface area contributed by atoms with E-state index >= 15 is 0 Å². The van der Waals surface area contributed by atoms with Gasteiger partial charge in [0.25, 0.3) is 5.91 Å². The minimum atomic E-state index is -0.928. The van der Waals surface area contributed by atoms with Gasteiger partial charge in [0.1, 0.15) is 6.73 Å². The quantitative estimate of drug-likeness (QED) is 0.533. The first-order valence-corrected chi connectivity index (χ1v) is 8.31. The molecule has 0 fully saturated rings. The third-order valence-corrected chi connectivity index (χ3v) is 4.34. The average molecular weight is 434 g/mol. The average Bonchev–Trinajstić information content (AvgIpc) is 2.44. The van der Waals surface area contributed by atoms with Gasteiger partial charge < -0.3 is 20.1 Å². The van der Waals surface area contributed by atoms with Crippen molar-refractivity contribution in [2.45, 2.75) is 32.7 Å². The Morgan fingerprint density at radius 1 is 1.35 bits per heavy atom. The van der Waals surface area contributed by atoms with Crippen LogP contribution in [0.15, 0.2) is 18.2 Å². The molecule has 6 nitrogen and oxygen atoms in total. The third-order valence-electron chi connectivity index (χ3n) is 3.34. The highest BCUT2D eigenvalue weighted by atomic mass is 127. The summed E-state index contributed by atoms with van der Waals surface area (Å²) in [4.78, 5) is 24.6. The SMILES string of the molecule is COCNC(=O)c1ccc(CCN(C(=O)O)C(C)(C)C)c(I)c1. The Labute approximate surface area is 150 Å². The minimum absolute atomic E-state index is 0.163. The van der Waals surface area contributed by atoms with Crippen molar-refractivity contribution < 1.29 is 19.4 Å². The van der Waals surface area contributed by atoms with Crippen molar-refractivity contribution in [1.29, 1.82) is 0 Å². The van der Waals surface area contributed by atoms with Gasteiger partial charge in [0.15, 0.2) is 0 Å². The second-order valence-corrected chi connectivity index (χ2v) is 7.26. The molecule has 0 spiro atoms. The van der Waals surface area contributed by atoms with E-state index in [1.807, 2.05) is 26.8 Å². The Hall–Kier alpha value is -1.35. The Bertz CT molecular complexity index is 570. The molecule has 1 aromatic carbocycles. The maximum Gasteiger partial charge on any atom is 0.407 e. The van der Waals surface area contributed by atoms with E-state index in [1.54, 1.807) is 12.1 Å². The van der Waals surface area contributed by atoms with Gasteiger partial charge in [-0.05, 0) is 67.5 Å². The first kappa shape index (κ1) is 19.7. The lowest BCUT2D eigenvalue weighted by molar-refractivity contribution is 0.0871. The van der Waals surface area contributed by atoms with Crippen LogP contribution >= 0.6 is 22.6 Å². The van der Waals surface area contributed by atoms with Crippen LogP contribution in [0.2, 0.25) is 0 Å². The number of rotatable bonds is 6. The number of amides is 2. The number of carboxylic acid groups (broad SMARTS) is 1. The highest BCUT2D eigenvalue weighted by Gasteiger charge is 2.25. The lowest BCUT2D eigenvalue weighted by atomic mass is 10.0. The highest BCUT2D eigenvalue weighted by molar-refractivity contribution is 14.1. The predicted octanol–water partition coefficient (Wildman–Crippen LogP) is 2.95. The van der Waals surface area contributed by atoms with Gasteiger partial charge in [0.05, 0.1) is 0 Å². The van der Waals surface area contributed by atoms with Crippen LogP contribution in [0.4, 0.5) is 4.79 Å². The molecule has 0 heterocycles. The van der Waals surface area contributed by atoms with Crippen LogP contribution in [-0.2, 0) is 11.2 Å². The number of hydrogen-bond donors (Lipinski definition) is 2. The maximum absolute atomic E-state index is 11.9. The van der Waals surface area contributed by atoms with Gasteiger partial charge in [0, 0.05) is 28.3 Å². The van der Waals surface area contributed by atoms with Crippen molar-refractivity contribution in [3.05, 3.63) is 32.9 Å². The van der Waals surface area contributed by atoms with Crippen LogP contribution in [0, 0.1) is 3.57 Å². The molecule has 0 radical (unpaired) electrons. The molecule has 0 saturated carbocycles. The molecule has 0 unspecified atom stereocenters. The fourth-order valence-electron chi connectivity index (χ4n) is 2.08. The summed E-state index contributed by atoms with van der Waals surface area (Å²) in [5.74, 6) is -0.196. The van der Waals surface area contributed by atoms with Gasteiger partial charge in [-0.15, -0.1) is 0 Å². The molecule has 0 bridgehead atoms. The molecule has 1 aromatic rings. The van der Waals surface area contributed by atoms with Crippen LogP contribution in [-0.4, -0.2) is 47.9 Å². The van der Waals surface area contributed by atoms with Gasteiger partial charge in [-0.2, -0.15) is 0 Å². The molecule has 128 valence electrons. The number of hydrogen-bond acceptors (Lipinski definition) is 3. The van der Waals surface area contributed by atoms with E-state index in [9.17, 15) is 14.7 Å². The third kappa shape index (κ3) is 5.98. The maximum atomic E-state index is 11.9. The molecule has 1 rings (SSSR count). The standard InChI is InChI=1S/C16H23IN2O4/c1-16(2,3)19(15(21)22)8-7-11-5-6-12(9-13(11)17)14(20)18-10-23-4/h5-6,9H,7-8,10H2,1-4H3,(H,18,20)(H,21,22). The Morgan fingerprint density at radius 3 is 2.48 bits per heavy atom. The van der Waals surface area contributed by atoms with Crippen molar-refractivity contribution in [2.24, 2.45) is 0 Å². The number of nitrogens with zero attached hydrogens (tertiary/aromatic N) is 1. The number of carbonyl (C=O) groups is 2. The summed E-state index contributed by atoms with van der Waals surface area (Å²) in [5.41, 5.74) is 1.13. The summed E-state index contributed by atoms with van der Waals surface area (Å²) in [6, 6.07) is 5.40. The van der Waals surface area contributed by atoms with Crippen LogP contribution in [0.25, 0.3) is 0 Å². The number of benzene rings is 1. The highest BCUT2D eigenvalue weighted by Crippen LogP contribution is 2.19. The van der Waals surface area contributed by atoms with Gasteiger partial charge in [0.2, 0.25) is 0 Å². The molecule has 0 aliphatic heterocycles. The van der Waals surface area contributed by atoms with E-state index in [2.05, 4.69) is 27.9 Å². The minimum Gasteiger partial charge on any atom is -0.465 e. The molecule has 23 heavy (non-hydrogen) atoms. The molecule has 0 aliphatic rings. The summed E-state index contributed by atoms with van der Waals surface area (Å²) in [6.07, 6.45) is -0.329. The first-order chi connectivity index (χ1) is 10.7. The second-order valence-electron chi connectivity index (χ2n) is 6.10. The summed E-state index contributed by atoms with van der Waals surface area (Å²) in [6.45, 7) is 6.18. The predicted molar refractivity (Wildman–Crippen MR) is 96.7 cm³/mol. The lowest BCUT2D eigenvalue weighted by Gasteiger charge is -2.33. The van der Waals surface area contributed by atoms with Gasteiger partial charge in [-0.1, -0.05) is 6.07 Å². The number of ether oxygens (including phenoxy) is 1. The van der Waals surface area contributed by atoms with E-state index in [0.717, 1.165) is 9.13 Å². The summed E-state index contributed by atoms with van der Waals surface area (Å²) in [7, 11) is 1.51. The van der Waals surface area contributed by atoms with Crippen molar-refractivity contribution in [1.82, 2.24) is 10.2 Å². The summed E-state index contributed by atoms with van der Waals surface area (Å²) < 4.78 is 5.75. The van der Waals surface area contributed by atoms with Crippen LogP contribution in [0.5, 0.6) is 0 Å². The normalized spacial score (nSPS) is 11.2. The van der Waals surface area contributed by atoms with Crippen LogP contribution in [0.1, 0.15) is 36.7 Å². The van der Waals surface area contributed by atoms with Gasteiger partial charge in [-0.25, -0.2) is 4.79 Å². The number of methoxy groups -OCH3 is 1. The number of halogens is 1. The van der Waals surface area contributed by atoms with E-state index in [-0.39, 0.29) is 12.6 Å². The largest absolute Gasteiger partial charge is 0.465 e. The summed E-state index contributed by atoms with van der Waals surface area (Å²) in [5, 5.41) is 11.9. The molecule has 0 saturated heterocycles. The smallest absolute Gasteiger partial charge is 0.407 e. The zero-order valence-electron chi connectivity index (χ0n) is 13.9. The van der Waals surface area contributed by atoms with Crippen LogP contribution < -0.4 is 5.32 Å². The van der Waals surface area contributed by atoms with E-state index < -0.39 is 11.6 Å². The van der Waals surface area contributed by atoms with Crippen LogP contribution in [0.3, 0.4) is 0 Å². The monoisotopic (exact) mass is 434 g/mol. The van der Waals surface area contributed by atoms with E-state index in [4.69, 9.17) is 4.74 Å². The van der Waals surface area contributed by atoms with Gasteiger partial charge in [-0.3, -0.25) is 4.79 Å². The molecule has 0 atom stereocenters. The van der Waals surface area contributed by atoms with Gasteiger partial charge >= 0.3 is 6.09 Å². The molecular formula is C16H23IN2O4. The molecule has 7 heteroatoms. The zero-order chi connectivity index (χ0) is 17.6. The Morgan fingerprint density at radius 2 is 2.00 bits per heavy atom. The molecule has 2 N–H and O–H groups in total. The van der Waals surface area contributed by atoms with E-state index in [1.165, 1.54) is 12.0 Å². The van der Waals surface area contributed by atoms with Crippen molar-refractivity contribution in [3.63, 3.8) is 0 Å². The fraction of sp³-hybridized carbons (Fsp3) is 0.500. The first-order valence-electron chi connectivity index (χ1n) is 7.23. The topological polar surface area (TPSA) is 78.9 Å². The molecule has 0 aliphatic carbocycles. The zero-order valence-corrected chi connectivity index (χ0v) is 16.0. The molecule has 0 aromatic heterocycles. The van der Waals surface area contributed by atoms with Crippen molar-refractivity contribution in [2.75, 3.05) is 20.4 Å². The molecule has 2 amide bonds. The number of nitrogens with one attached hydrogen (secondary N) is 1. The molecular weight excluding hydrogens is 411 g/mol. The number of carbonyl (C=O) groups excluding carboxylic acids is 1. The fourth-order valence-corrected chi connectivity index (χ4v) is 2.87. The Kier molecular flexibility index (Phi) is 7.27. The lowest BCUT2D eigenvalue weighted by Crippen LogP contribution is -2.46. The van der Waals surface area contributed by atoms with Crippen molar-refractivity contribution in [3.8, 4) is 0 Å². The second kappa shape index (κ2) is 8.49. The summed E-state index contributed by atoms with van der Waals surface area (Å²) >= 11 is 2.16. The Balaban J connectivity index is 2.79. The van der Waals surface area contributed by atoms with E-state index in [0.29, 0.717) is 18.5 Å².